The van der Waals surface area contributed by atoms with Gasteiger partial charge in [0.25, 0.3) is 0 Å². The van der Waals surface area contributed by atoms with Gasteiger partial charge in [0.05, 0.1) is 0 Å². The highest BCUT2D eigenvalue weighted by Crippen LogP contribution is 2.33. The Kier molecular flexibility index (Phi) is 4.89. The first-order chi connectivity index (χ1) is 8.10. The van der Waals surface area contributed by atoms with E-state index in [4.69, 9.17) is 17.3 Å². The zero-order valence-corrected chi connectivity index (χ0v) is 13.1. The average Bonchev–Trinajstić information content (AvgIpc) is 2.61. The predicted octanol–water partition coefficient (Wildman–Crippen LogP) is 3.72. The predicted molar refractivity (Wildman–Crippen MR) is 78.7 cm³/mol. The molecule has 96 valence electrons. The van der Waals surface area contributed by atoms with Gasteiger partial charge in [-0.3, -0.25) is 4.90 Å². The fourth-order valence-electron chi connectivity index (χ4n) is 2.34. The molecule has 1 fully saturated rings. The summed E-state index contributed by atoms with van der Waals surface area (Å²) in [5.41, 5.74) is 5.78. The van der Waals surface area contributed by atoms with Crippen molar-refractivity contribution in [2.45, 2.75) is 32.4 Å². The maximum atomic E-state index is 6.07. The van der Waals surface area contributed by atoms with E-state index >= 15 is 0 Å². The second-order valence-electron chi connectivity index (χ2n) is 4.79. The van der Waals surface area contributed by atoms with Crippen LogP contribution in [0.5, 0.6) is 0 Å². The molecule has 0 aromatic carbocycles. The first-order valence-electron chi connectivity index (χ1n) is 5.98. The van der Waals surface area contributed by atoms with Crippen LogP contribution in [0.1, 0.15) is 24.6 Å². The van der Waals surface area contributed by atoms with Gasteiger partial charge in [0.15, 0.2) is 0 Å². The summed E-state index contributed by atoms with van der Waals surface area (Å²) in [6.45, 7) is 5.22. The molecule has 2 atom stereocenters. The number of rotatable bonds is 3. The van der Waals surface area contributed by atoms with Gasteiger partial charge in [-0.25, -0.2) is 0 Å². The second-order valence-corrected chi connectivity index (χ2v) is 7.39. The van der Waals surface area contributed by atoms with Crippen LogP contribution in [0.3, 0.4) is 0 Å². The Labute approximate surface area is 120 Å². The fraction of sp³-hybridized carbons (Fsp3) is 0.667. The van der Waals surface area contributed by atoms with Gasteiger partial charge in [-0.05, 0) is 54.2 Å². The van der Waals surface area contributed by atoms with E-state index in [1.165, 1.54) is 17.7 Å². The molecule has 0 radical (unpaired) electrons. The largest absolute Gasteiger partial charge is 0.330 e. The normalized spacial score (nSPS) is 26.4. The molecular formula is C12H18BrClN2S. The van der Waals surface area contributed by atoms with Crippen molar-refractivity contribution in [3.05, 3.63) is 19.8 Å². The van der Waals surface area contributed by atoms with Crippen LogP contribution in [0.2, 0.25) is 4.34 Å². The molecule has 1 aliphatic rings. The summed E-state index contributed by atoms with van der Waals surface area (Å²) in [6.07, 6.45) is 2.52. The Bertz CT molecular complexity index is 363. The molecule has 0 bridgehead atoms. The minimum atomic E-state index is 0.650. The second kappa shape index (κ2) is 6.02. The lowest BCUT2D eigenvalue weighted by atomic mass is 9.93. The molecule has 1 aromatic heterocycles. The van der Waals surface area contributed by atoms with Crippen LogP contribution in [-0.2, 0) is 6.54 Å². The van der Waals surface area contributed by atoms with E-state index in [0.29, 0.717) is 12.0 Å². The van der Waals surface area contributed by atoms with Gasteiger partial charge in [-0.2, -0.15) is 0 Å². The van der Waals surface area contributed by atoms with Gasteiger partial charge in [-0.15, -0.1) is 11.3 Å². The third kappa shape index (κ3) is 3.44. The number of hydrogen-bond acceptors (Lipinski definition) is 3. The molecule has 2 rings (SSSR count). The van der Waals surface area contributed by atoms with Crippen LogP contribution >= 0.6 is 38.9 Å². The van der Waals surface area contributed by atoms with Crippen molar-refractivity contribution < 1.29 is 0 Å². The molecule has 0 amide bonds. The Balaban J connectivity index is 2.01. The minimum absolute atomic E-state index is 0.650. The van der Waals surface area contributed by atoms with Gasteiger partial charge in [0.2, 0.25) is 0 Å². The number of piperidine rings is 1. The molecule has 2 N–H and O–H groups in total. The van der Waals surface area contributed by atoms with E-state index in [-0.39, 0.29) is 0 Å². The number of thiophene rings is 1. The smallest absolute Gasteiger partial charge is 0.107 e. The third-order valence-electron chi connectivity index (χ3n) is 3.50. The van der Waals surface area contributed by atoms with Gasteiger partial charge in [-0.1, -0.05) is 11.6 Å². The maximum Gasteiger partial charge on any atom is 0.107 e. The van der Waals surface area contributed by atoms with Crippen molar-refractivity contribution in [1.82, 2.24) is 4.90 Å². The van der Waals surface area contributed by atoms with Crippen LogP contribution in [0.4, 0.5) is 0 Å². The van der Waals surface area contributed by atoms with Crippen LogP contribution in [0.25, 0.3) is 0 Å². The number of halogens is 2. The van der Waals surface area contributed by atoms with Gasteiger partial charge in [0, 0.05) is 28.5 Å². The van der Waals surface area contributed by atoms with Gasteiger partial charge < -0.3 is 5.73 Å². The minimum Gasteiger partial charge on any atom is -0.330 e. The summed E-state index contributed by atoms with van der Waals surface area (Å²) >= 11 is 11.2. The number of hydrogen-bond donors (Lipinski definition) is 1. The van der Waals surface area contributed by atoms with Crippen molar-refractivity contribution in [3.8, 4) is 0 Å². The molecule has 1 aliphatic heterocycles. The topological polar surface area (TPSA) is 29.3 Å². The standard InChI is InChI=1S/C12H18BrClN2S/c1-8-2-3-9(5-15)6-16(8)7-10-4-11(13)12(14)17-10/h4,8-9H,2-3,5-7,15H2,1H3. The molecule has 5 heteroatoms. The molecule has 2 unspecified atom stereocenters. The zero-order valence-electron chi connectivity index (χ0n) is 9.96. The molecule has 2 nitrogen and oxygen atoms in total. The SMILES string of the molecule is CC1CCC(CN)CN1Cc1cc(Br)c(Cl)s1. The van der Waals surface area contributed by atoms with Crippen molar-refractivity contribution in [2.24, 2.45) is 11.7 Å². The lowest BCUT2D eigenvalue weighted by Crippen LogP contribution is -2.43. The quantitative estimate of drug-likeness (QED) is 0.910. The Hall–Kier alpha value is 0.390. The number of nitrogens with zero attached hydrogens (tertiary/aromatic N) is 1. The molecule has 0 spiro atoms. The van der Waals surface area contributed by atoms with Crippen LogP contribution in [0, 0.1) is 5.92 Å². The Morgan fingerprint density at radius 3 is 2.94 bits per heavy atom. The average molecular weight is 338 g/mol. The highest BCUT2D eigenvalue weighted by atomic mass is 79.9. The third-order valence-corrected chi connectivity index (χ3v) is 5.96. The molecule has 17 heavy (non-hydrogen) atoms. The fourth-order valence-corrected chi connectivity index (χ4v) is 4.16. The summed E-state index contributed by atoms with van der Waals surface area (Å²) in [5, 5.41) is 0. The Morgan fingerprint density at radius 2 is 2.35 bits per heavy atom. The number of likely N-dealkylation sites (tertiary alicyclic amines) is 1. The molecule has 2 heterocycles. The number of nitrogens with two attached hydrogens (primary N) is 1. The van der Waals surface area contributed by atoms with E-state index in [0.717, 1.165) is 28.4 Å². The highest BCUT2D eigenvalue weighted by Gasteiger charge is 2.25. The first kappa shape index (κ1) is 13.8. The van der Waals surface area contributed by atoms with Gasteiger partial charge in [0.1, 0.15) is 4.34 Å². The monoisotopic (exact) mass is 336 g/mol. The molecular weight excluding hydrogens is 320 g/mol. The van der Waals surface area contributed by atoms with Crippen LogP contribution < -0.4 is 5.73 Å². The highest BCUT2D eigenvalue weighted by molar-refractivity contribution is 9.10. The summed E-state index contributed by atoms with van der Waals surface area (Å²) in [6, 6.07) is 2.78. The molecule has 0 aliphatic carbocycles. The van der Waals surface area contributed by atoms with E-state index < -0.39 is 0 Å². The van der Waals surface area contributed by atoms with Crippen molar-refractivity contribution in [2.75, 3.05) is 13.1 Å². The van der Waals surface area contributed by atoms with Crippen molar-refractivity contribution in [1.29, 1.82) is 0 Å². The Morgan fingerprint density at radius 1 is 1.59 bits per heavy atom. The van der Waals surface area contributed by atoms with Crippen molar-refractivity contribution in [3.63, 3.8) is 0 Å². The zero-order chi connectivity index (χ0) is 12.4. The molecule has 0 saturated carbocycles. The van der Waals surface area contributed by atoms with Crippen molar-refractivity contribution >= 4 is 38.9 Å². The summed E-state index contributed by atoms with van der Waals surface area (Å²) in [4.78, 5) is 3.85. The molecule has 1 aromatic rings. The van der Waals surface area contributed by atoms with E-state index in [9.17, 15) is 0 Å². The summed E-state index contributed by atoms with van der Waals surface area (Å²) < 4.78 is 1.86. The summed E-state index contributed by atoms with van der Waals surface area (Å²) in [5.74, 6) is 0.657. The van der Waals surface area contributed by atoms with E-state index in [1.807, 2.05) is 0 Å². The maximum absolute atomic E-state index is 6.07. The van der Waals surface area contributed by atoms with Crippen LogP contribution in [-0.4, -0.2) is 24.0 Å². The van der Waals surface area contributed by atoms with E-state index in [1.54, 1.807) is 11.3 Å². The molecule has 1 saturated heterocycles. The van der Waals surface area contributed by atoms with Gasteiger partial charge >= 0.3 is 0 Å². The first-order valence-corrected chi connectivity index (χ1v) is 7.96. The summed E-state index contributed by atoms with van der Waals surface area (Å²) in [7, 11) is 0. The van der Waals surface area contributed by atoms with Crippen LogP contribution in [0.15, 0.2) is 10.5 Å². The lowest BCUT2D eigenvalue weighted by molar-refractivity contribution is 0.114. The van der Waals surface area contributed by atoms with E-state index in [2.05, 4.69) is 33.8 Å². The lowest BCUT2D eigenvalue weighted by Gasteiger charge is -2.37.